The van der Waals surface area contributed by atoms with Gasteiger partial charge < -0.3 is 20.0 Å². The topological polar surface area (TPSA) is 109 Å². The Bertz CT molecular complexity index is 1320. The van der Waals surface area contributed by atoms with E-state index in [0.717, 1.165) is 30.3 Å². The van der Waals surface area contributed by atoms with Crippen LogP contribution in [0.4, 0.5) is 5.69 Å². The average Bonchev–Trinajstić information content (AvgIpc) is 3.35. The normalized spacial score (nSPS) is 19.4. The van der Waals surface area contributed by atoms with Crippen LogP contribution in [0.5, 0.6) is 0 Å². The molecule has 1 aliphatic carbocycles. The highest BCUT2D eigenvalue weighted by Crippen LogP contribution is 2.30. The van der Waals surface area contributed by atoms with Crippen molar-refractivity contribution in [3.05, 3.63) is 65.9 Å². The van der Waals surface area contributed by atoms with E-state index in [1.165, 1.54) is 6.92 Å². The fourth-order valence-electron chi connectivity index (χ4n) is 5.46. The van der Waals surface area contributed by atoms with Crippen molar-refractivity contribution in [2.24, 2.45) is 0 Å². The Labute approximate surface area is 215 Å². The Hall–Kier alpha value is -3.94. The second kappa shape index (κ2) is 10.2. The zero-order valence-electron chi connectivity index (χ0n) is 20.9. The lowest BCUT2D eigenvalue weighted by Gasteiger charge is -2.39. The van der Waals surface area contributed by atoms with Crippen LogP contribution in [0.25, 0.3) is 11.0 Å². The number of Topliss-reactive ketones (excluding diaryl/α,β-unsaturated/α-hetero) is 2. The molecule has 1 saturated heterocycles. The highest BCUT2D eigenvalue weighted by molar-refractivity contribution is 6.03. The second-order valence-electron chi connectivity index (χ2n) is 10.0. The lowest BCUT2D eigenvalue weighted by Crippen LogP contribution is -2.63. The molecule has 5 rings (SSSR count). The number of ketones is 2. The molecular weight excluding hydrogens is 470 g/mol. The number of carbonyl (C=O) groups is 4. The molecule has 1 atom stereocenters. The third kappa shape index (κ3) is 5.01. The zero-order valence-corrected chi connectivity index (χ0v) is 20.9. The number of nitrogens with one attached hydrogen (secondary N) is 2. The van der Waals surface area contributed by atoms with Crippen LogP contribution in [0.1, 0.15) is 66.4 Å². The van der Waals surface area contributed by atoms with Crippen LogP contribution in [0.3, 0.4) is 0 Å². The molecule has 2 N–H and O–H groups in total. The van der Waals surface area contributed by atoms with Crippen LogP contribution in [-0.2, 0) is 9.59 Å². The Kier molecular flexibility index (Phi) is 6.82. The predicted octanol–water partition coefficient (Wildman–Crippen LogP) is 4.03. The second-order valence-corrected chi connectivity index (χ2v) is 10.0. The zero-order chi connectivity index (χ0) is 26.0. The van der Waals surface area contributed by atoms with Crippen molar-refractivity contribution >= 4 is 40.0 Å². The van der Waals surface area contributed by atoms with Crippen LogP contribution in [0.2, 0.25) is 0 Å². The van der Waals surface area contributed by atoms with E-state index in [-0.39, 0.29) is 29.8 Å². The van der Waals surface area contributed by atoms with Gasteiger partial charge >= 0.3 is 0 Å². The number of anilines is 1. The minimum absolute atomic E-state index is 0.0575. The molecule has 8 heteroatoms. The van der Waals surface area contributed by atoms with Gasteiger partial charge in [0.2, 0.25) is 5.91 Å². The Balaban J connectivity index is 1.29. The van der Waals surface area contributed by atoms with Crippen molar-refractivity contribution in [1.29, 1.82) is 0 Å². The number of benzene rings is 2. The first-order chi connectivity index (χ1) is 17.9. The Morgan fingerprint density at radius 1 is 1.00 bits per heavy atom. The van der Waals surface area contributed by atoms with E-state index in [1.54, 1.807) is 24.3 Å². The van der Waals surface area contributed by atoms with E-state index < -0.39 is 17.5 Å². The molecule has 2 amide bonds. The van der Waals surface area contributed by atoms with Gasteiger partial charge in [-0.3, -0.25) is 19.2 Å². The summed E-state index contributed by atoms with van der Waals surface area (Å²) in [7, 11) is 0. The summed E-state index contributed by atoms with van der Waals surface area (Å²) in [6, 6.07) is 15.7. The molecule has 1 aromatic heterocycles. The summed E-state index contributed by atoms with van der Waals surface area (Å²) in [6.07, 6.45) is 4.03. The van der Waals surface area contributed by atoms with Crippen LogP contribution in [-0.4, -0.2) is 48.1 Å². The Morgan fingerprint density at radius 2 is 1.73 bits per heavy atom. The number of amides is 2. The number of piperidine rings is 1. The molecule has 2 aromatic carbocycles. The van der Waals surface area contributed by atoms with E-state index in [2.05, 4.69) is 10.6 Å². The van der Waals surface area contributed by atoms with Crippen LogP contribution in [0, 0.1) is 0 Å². The van der Waals surface area contributed by atoms with E-state index in [1.807, 2.05) is 35.2 Å². The van der Waals surface area contributed by atoms with Gasteiger partial charge in [-0.05, 0) is 50.5 Å². The molecular formula is C29H31N3O5. The van der Waals surface area contributed by atoms with Crippen LogP contribution in [0.15, 0.2) is 59.0 Å². The van der Waals surface area contributed by atoms with E-state index in [0.29, 0.717) is 37.0 Å². The molecule has 37 heavy (non-hydrogen) atoms. The summed E-state index contributed by atoms with van der Waals surface area (Å²) < 4.78 is 5.72. The van der Waals surface area contributed by atoms with Gasteiger partial charge in [0.1, 0.15) is 11.1 Å². The number of furan rings is 1. The monoisotopic (exact) mass is 501 g/mol. The number of nitrogens with zero attached hydrogens (tertiary/aromatic N) is 1. The van der Waals surface area contributed by atoms with Gasteiger partial charge in [-0.15, -0.1) is 0 Å². The fraction of sp³-hybridized carbons (Fsp3) is 0.379. The van der Waals surface area contributed by atoms with Gasteiger partial charge in [-0.25, -0.2) is 0 Å². The van der Waals surface area contributed by atoms with Gasteiger partial charge in [0.05, 0.1) is 12.6 Å². The molecule has 2 fully saturated rings. The summed E-state index contributed by atoms with van der Waals surface area (Å²) in [6.45, 7) is 2.14. The lowest BCUT2D eigenvalue weighted by atomic mass is 9.80. The highest BCUT2D eigenvalue weighted by Gasteiger charge is 2.43. The van der Waals surface area contributed by atoms with Crippen LogP contribution < -0.4 is 15.5 Å². The van der Waals surface area contributed by atoms with Crippen molar-refractivity contribution in [2.45, 2.75) is 57.0 Å². The third-order valence-electron chi connectivity index (χ3n) is 7.50. The number of carbonyl (C=O) groups excluding carboxylic acids is 4. The van der Waals surface area contributed by atoms with Crippen LogP contribution >= 0.6 is 0 Å². The maximum absolute atomic E-state index is 13.6. The number of para-hydroxylation sites is 2. The van der Waals surface area contributed by atoms with Crippen molar-refractivity contribution in [2.75, 3.05) is 18.0 Å². The Morgan fingerprint density at radius 3 is 2.46 bits per heavy atom. The standard InChI is InChI=1S/C29H31N3O5/c1-19(33)21-10-4-5-11-23(21)32-16-13-22(24(34)18-32)30-28(36)29(14-7-2-8-15-29)31-27(35)26-17-20-9-3-6-12-25(20)37-26/h3-6,9-12,17,22H,2,7-8,13-16,18H2,1H3,(H,30,36)(H,31,35). The highest BCUT2D eigenvalue weighted by atomic mass is 16.3. The smallest absolute Gasteiger partial charge is 0.287 e. The number of fused-ring (bicyclic) bond motifs is 1. The van der Waals surface area contributed by atoms with Crippen molar-refractivity contribution in [3.63, 3.8) is 0 Å². The average molecular weight is 502 g/mol. The predicted molar refractivity (Wildman–Crippen MR) is 140 cm³/mol. The molecule has 1 aliphatic heterocycles. The summed E-state index contributed by atoms with van der Waals surface area (Å²) in [5, 5.41) is 6.73. The summed E-state index contributed by atoms with van der Waals surface area (Å²) in [4.78, 5) is 53.8. The molecule has 1 unspecified atom stereocenters. The minimum atomic E-state index is -1.09. The molecule has 192 valence electrons. The van der Waals surface area contributed by atoms with Crippen molar-refractivity contribution in [1.82, 2.24) is 10.6 Å². The van der Waals surface area contributed by atoms with Gasteiger partial charge in [0.25, 0.3) is 5.91 Å². The van der Waals surface area contributed by atoms with Gasteiger partial charge in [0, 0.05) is 23.2 Å². The maximum atomic E-state index is 13.6. The van der Waals surface area contributed by atoms with Crippen molar-refractivity contribution < 1.29 is 23.6 Å². The maximum Gasteiger partial charge on any atom is 0.287 e. The van der Waals surface area contributed by atoms with E-state index in [4.69, 9.17) is 4.42 Å². The molecule has 2 aliphatic rings. The van der Waals surface area contributed by atoms with Gasteiger partial charge in [-0.1, -0.05) is 49.6 Å². The molecule has 1 saturated carbocycles. The minimum Gasteiger partial charge on any atom is -0.451 e. The summed E-state index contributed by atoms with van der Waals surface area (Å²) >= 11 is 0. The first-order valence-corrected chi connectivity index (χ1v) is 12.9. The molecule has 8 nitrogen and oxygen atoms in total. The lowest BCUT2D eigenvalue weighted by molar-refractivity contribution is -0.133. The number of hydrogen-bond donors (Lipinski definition) is 2. The van der Waals surface area contributed by atoms with E-state index >= 15 is 0 Å². The largest absolute Gasteiger partial charge is 0.451 e. The molecule has 3 aromatic rings. The first-order valence-electron chi connectivity index (χ1n) is 12.9. The van der Waals surface area contributed by atoms with Crippen molar-refractivity contribution in [3.8, 4) is 0 Å². The SMILES string of the molecule is CC(=O)c1ccccc1N1CCC(NC(=O)C2(NC(=O)c3cc4ccccc4o3)CCCCC2)C(=O)C1. The van der Waals surface area contributed by atoms with E-state index in [9.17, 15) is 19.2 Å². The molecule has 2 heterocycles. The first kappa shape index (κ1) is 24.7. The quantitative estimate of drug-likeness (QED) is 0.494. The number of rotatable bonds is 6. The van der Waals surface area contributed by atoms with Gasteiger partial charge in [-0.2, -0.15) is 0 Å². The fourth-order valence-corrected chi connectivity index (χ4v) is 5.46. The molecule has 0 bridgehead atoms. The molecule has 0 spiro atoms. The summed E-state index contributed by atoms with van der Waals surface area (Å²) in [5.74, 6) is -0.777. The van der Waals surface area contributed by atoms with Gasteiger partial charge in [0.15, 0.2) is 17.3 Å². The summed E-state index contributed by atoms with van der Waals surface area (Å²) in [5.41, 5.74) is 0.827. The number of hydrogen-bond acceptors (Lipinski definition) is 6. The third-order valence-corrected chi connectivity index (χ3v) is 7.50. The molecule has 0 radical (unpaired) electrons.